The molecule has 0 saturated carbocycles. The van der Waals surface area contributed by atoms with E-state index in [-0.39, 0.29) is 20.4 Å². The van der Waals surface area contributed by atoms with Gasteiger partial charge in [-0.1, -0.05) is 0 Å². The van der Waals surface area contributed by atoms with Crippen LogP contribution in [0.5, 0.6) is 0 Å². The molecule has 0 N–H and O–H groups in total. The minimum atomic E-state index is 0. The molecule has 2 aromatic carbocycles. The molecule has 0 spiro atoms. The smallest absolute Gasteiger partial charge is 0.504 e. The summed E-state index contributed by atoms with van der Waals surface area (Å²) >= 11 is 0. The van der Waals surface area contributed by atoms with Crippen LogP contribution in [0.1, 0.15) is 22.3 Å². The maximum atomic E-state index is 2.24. The second-order valence-corrected chi connectivity index (χ2v) is 7.52. The molecule has 2 heterocycles. The maximum absolute atomic E-state index is 2.24. The molecule has 2 aromatic rings. The third-order valence-electron chi connectivity index (χ3n) is 5.39. The molecule has 0 saturated heterocycles. The average Bonchev–Trinajstić information content (AvgIpc) is 2.99. The van der Waals surface area contributed by atoms with Gasteiger partial charge in [0, 0.05) is 22.7 Å². The quantitative estimate of drug-likeness (QED) is 0.424. The second-order valence-electron chi connectivity index (χ2n) is 7.52. The van der Waals surface area contributed by atoms with Gasteiger partial charge >= 0.3 is 20.4 Å². The number of anilines is 4. The zero-order chi connectivity index (χ0) is 19.2. The summed E-state index contributed by atoms with van der Waals surface area (Å²) in [5, 5.41) is 0. The van der Waals surface area contributed by atoms with Crippen LogP contribution in [0.4, 0.5) is 22.7 Å². The number of hydrogen-bond donors (Lipinski definition) is 0. The van der Waals surface area contributed by atoms with Gasteiger partial charge in [-0.3, -0.25) is 0 Å². The molecule has 0 amide bonds. The second kappa shape index (κ2) is 8.12. The standard InChI is InChI=1S/2C11H15N2.Pd/c2*1-8-5-10-11(6-9(8)2)13(4)7-12(10)3;/h2*5-7H,1-4H3;/q2*-1;+2. The molecule has 27 heavy (non-hydrogen) atoms. The molecular formula is C22H30N4Pd. The van der Waals surface area contributed by atoms with Crippen LogP contribution in [-0.4, -0.2) is 28.2 Å². The number of aryl methyl sites for hydroxylation is 4. The predicted octanol–water partition coefficient (Wildman–Crippen LogP) is 4.61. The molecular weight excluding hydrogens is 427 g/mol. The molecule has 2 aliphatic heterocycles. The Hall–Kier alpha value is -1.70. The third-order valence-corrected chi connectivity index (χ3v) is 5.39. The Labute approximate surface area is 178 Å². The van der Waals surface area contributed by atoms with Crippen molar-refractivity contribution in [2.24, 2.45) is 0 Å². The van der Waals surface area contributed by atoms with E-state index in [1.165, 1.54) is 45.0 Å². The summed E-state index contributed by atoms with van der Waals surface area (Å²) in [7, 11) is 8.32. The maximum Gasteiger partial charge on any atom is 2.00 e. The first-order chi connectivity index (χ1) is 12.2. The van der Waals surface area contributed by atoms with Crippen LogP contribution in [-0.2, 0) is 20.4 Å². The molecule has 4 rings (SSSR count). The summed E-state index contributed by atoms with van der Waals surface area (Å²) in [5.41, 5.74) is 10.6. The molecule has 0 radical (unpaired) electrons. The number of nitrogens with zero attached hydrogens (tertiary/aromatic N) is 4. The van der Waals surface area contributed by atoms with Gasteiger partial charge < -0.3 is 19.6 Å². The van der Waals surface area contributed by atoms with E-state index < -0.39 is 0 Å². The van der Waals surface area contributed by atoms with Crippen molar-refractivity contribution in [2.75, 3.05) is 47.8 Å². The third kappa shape index (κ3) is 4.10. The fourth-order valence-electron chi connectivity index (χ4n) is 3.47. The predicted molar refractivity (Wildman–Crippen MR) is 114 cm³/mol. The summed E-state index contributed by atoms with van der Waals surface area (Å²) in [6.07, 6.45) is 0. The summed E-state index contributed by atoms with van der Waals surface area (Å²) in [5.74, 6) is 0. The fourth-order valence-corrected chi connectivity index (χ4v) is 3.47. The SMILES string of the molecule is Cc1cc2c(cc1C)N(C)[CH-]N2C.Cc1cc2c(cc1C)N(C)[CH-]N2C.[Pd+2]. The molecule has 4 nitrogen and oxygen atoms in total. The number of benzene rings is 2. The molecule has 0 bridgehead atoms. The van der Waals surface area contributed by atoms with Gasteiger partial charge in [-0.25, -0.2) is 0 Å². The largest absolute Gasteiger partial charge is 2.00 e. The van der Waals surface area contributed by atoms with Crippen molar-refractivity contribution in [1.82, 2.24) is 0 Å². The van der Waals surface area contributed by atoms with Gasteiger partial charge in [0.15, 0.2) is 0 Å². The number of rotatable bonds is 0. The van der Waals surface area contributed by atoms with E-state index in [1.54, 1.807) is 0 Å². The Bertz CT molecular complexity index is 698. The molecule has 148 valence electrons. The van der Waals surface area contributed by atoms with Gasteiger partial charge in [0.25, 0.3) is 0 Å². The Balaban J connectivity index is 0.000000187. The first-order valence-electron chi connectivity index (χ1n) is 9.03. The summed E-state index contributed by atoms with van der Waals surface area (Å²) in [4.78, 5) is 8.62. The van der Waals surface area contributed by atoms with Crippen molar-refractivity contribution >= 4 is 22.7 Å². The van der Waals surface area contributed by atoms with Gasteiger partial charge in [-0.2, -0.15) is 13.3 Å². The van der Waals surface area contributed by atoms with E-state index in [2.05, 4.69) is 113 Å². The Morgan fingerprint density at radius 2 is 0.667 bits per heavy atom. The zero-order valence-corrected chi connectivity index (χ0v) is 19.1. The monoisotopic (exact) mass is 456 g/mol. The molecule has 0 aliphatic carbocycles. The topological polar surface area (TPSA) is 13.0 Å². The Kier molecular flexibility index (Phi) is 6.50. The molecule has 0 fully saturated rings. The van der Waals surface area contributed by atoms with Crippen molar-refractivity contribution in [2.45, 2.75) is 27.7 Å². The number of hydrogen-bond acceptors (Lipinski definition) is 4. The first kappa shape index (κ1) is 21.6. The van der Waals surface area contributed by atoms with Crippen molar-refractivity contribution in [3.8, 4) is 0 Å². The van der Waals surface area contributed by atoms with E-state index in [1.807, 2.05) is 0 Å². The van der Waals surface area contributed by atoms with Gasteiger partial charge in [-0.05, 0) is 102 Å². The van der Waals surface area contributed by atoms with Crippen molar-refractivity contribution in [3.05, 3.63) is 59.9 Å². The first-order valence-corrected chi connectivity index (χ1v) is 9.03. The van der Waals surface area contributed by atoms with Gasteiger partial charge in [0.2, 0.25) is 0 Å². The summed E-state index contributed by atoms with van der Waals surface area (Å²) in [6.45, 7) is 12.8. The zero-order valence-electron chi connectivity index (χ0n) is 17.6. The minimum Gasteiger partial charge on any atom is -0.504 e. The normalized spacial score (nSPS) is 14.5. The van der Waals surface area contributed by atoms with Crippen LogP contribution in [0, 0.1) is 41.0 Å². The van der Waals surface area contributed by atoms with Gasteiger partial charge in [0.1, 0.15) is 0 Å². The summed E-state index contributed by atoms with van der Waals surface area (Å²) in [6, 6.07) is 8.96. The van der Waals surface area contributed by atoms with Crippen LogP contribution < -0.4 is 19.6 Å². The van der Waals surface area contributed by atoms with Crippen LogP contribution in [0.25, 0.3) is 0 Å². The van der Waals surface area contributed by atoms with E-state index in [0.29, 0.717) is 0 Å². The van der Waals surface area contributed by atoms with Crippen LogP contribution in [0.15, 0.2) is 24.3 Å². The van der Waals surface area contributed by atoms with E-state index in [4.69, 9.17) is 0 Å². The Morgan fingerprint density at radius 1 is 0.481 bits per heavy atom. The van der Waals surface area contributed by atoms with Crippen LogP contribution >= 0.6 is 0 Å². The fraction of sp³-hybridized carbons (Fsp3) is 0.364. The van der Waals surface area contributed by atoms with Crippen molar-refractivity contribution in [3.63, 3.8) is 0 Å². The van der Waals surface area contributed by atoms with E-state index in [0.717, 1.165) is 0 Å². The molecule has 0 unspecified atom stereocenters. The van der Waals surface area contributed by atoms with Crippen LogP contribution in [0.3, 0.4) is 0 Å². The number of fused-ring (bicyclic) bond motifs is 2. The van der Waals surface area contributed by atoms with E-state index >= 15 is 0 Å². The molecule has 2 aliphatic rings. The van der Waals surface area contributed by atoms with Gasteiger partial charge in [0.05, 0.1) is 0 Å². The van der Waals surface area contributed by atoms with Gasteiger partial charge in [-0.15, -0.1) is 0 Å². The molecule has 0 atom stereocenters. The van der Waals surface area contributed by atoms with Crippen LogP contribution in [0.2, 0.25) is 0 Å². The molecule has 0 aromatic heterocycles. The Morgan fingerprint density at radius 3 is 0.852 bits per heavy atom. The summed E-state index contributed by atoms with van der Waals surface area (Å²) < 4.78 is 0. The minimum absolute atomic E-state index is 0. The van der Waals surface area contributed by atoms with E-state index in [9.17, 15) is 0 Å². The van der Waals surface area contributed by atoms with Crippen molar-refractivity contribution in [1.29, 1.82) is 0 Å². The average molecular weight is 457 g/mol. The van der Waals surface area contributed by atoms with Crippen molar-refractivity contribution < 1.29 is 20.4 Å². The molecule has 5 heteroatoms.